The van der Waals surface area contributed by atoms with E-state index in [2.05, 4.69) is 11.1 Å². The van der Waals surface area contributed by atoms with Crippen LogP contribution in [0.2, 0.25) is 0 Å². The smallest absolute Gasteiger partial charge is 0.410 e. The first kappa shape index (κ1) is 16.6. The molecule has 1 saturated heterocycles. The van der Waals surface area contributed by atoms with Crippen molar-refractivity contribution in [1.82, 2.24) is 9.88 Å². The SMILES string of the molecule is COc1cc(C2=CC3CCC(C2)N3C(=O)OCc2ccccc2)ccn1. The third-order valence-corrected chi connectivity index (χ3v) is 5.13. The number of ether oxygens (including phenoxy) is 2. The van der Waals surface area contributed by atoms with Crippen molar-refractivity contribution in [1.29, 1.82) is 0 Å². The topological polar surface area (TPSA) is 51.7 Å². The minimum Gasteiger partial charge on any atom is -0.481 e. The van der Waals surface area contributed by atoms with Crippen LogP contribution in [0.25, 0.3) is 5.57 Å². The number of hydrogen-bond donors (Lipinski definition) is 0. The minimum absolute atomic E-state index is 0.103. The molecule has 4 rings (SSSR count). The number of pyridine rings is 1. The van der Waals surface area contributed by atoms with E-state index in [-0.39, 0.29) is 18.2 Å². The van der Waals surface area contributed by atoms with E-state index in [1.54, 1.807) is 13.3 Å². The molecular weight excluding hydrogens is 328 g/mol. The normalized spacial score (nSPS) is 21.3. The molecule has 1 aromatic heterocycles. The second-order valence-electron chi connectivity index (χ2n) is 6.73. The molecule has 5 nitrogen and oxygen atoms in total. The molecule has 1 amide bonds. The number of aromatic nitrogens is 1. The maximum Gasteiger partial charge on any atom is 0.410 e. The van der Waals surface area contributed by atoms with Crippen LogP contribution in [0.3, 0.4) is 0 Å². The van der Waals surface area contributed by atoms with Crippen LogP contribution < -0.4 is 4.74 Å². The molecule has 0 aliphatic carbocycles. The van der Waals surface area contributed by atoms with Crippen molar-refractivity contribution in [3.63, 3.8) is 0 Å². The molecule has 0 radical (unpaired) electrons. The zero-order chi connectivity index (χ0) is 17.9. The van der Waals surface area contributed by atoms with Gasteiger partial charge in [0.15, 0.2) is 0 Å². The predicted molar refractivity (Wildman–Crippen MR) is 98.7 cm³/mol. The highest BCUT2D eigenvalue weighted by Gasteiger charge is 2.40. The van der Waals surface area contributed by atoms with Gasteiger partial charge in [0.2, 0.25) is 5.88 Å². The monoisotopic (exact) mass is 350 g/mol. The molecule has 2 unspecified atom stereocenters. The van der Waals surface area contributed by atoms with Crippen LogP contribution in [0, 0.1) is 0 Å². The largest absolute Gasteiger partial charge is 0.481 e. The molecule has 3 heterocycles. The van der Waals surface area contributed by atoms with E-state index >= 15 is 0 Å². The fraction of sp³-hybridized carbons (Fsp3) is 0.333. The summed E-state index contributed by atoms with van der Waals surface area (Å²) >= 11 is 0. The maximum absolute atomic E-state index is 12.6. The third-order valence-electron chi connectivity index (χ3n) is 5.13. The molecule has 2 aromatic rings. The molecule has 2 bridgehead atoms. The number of methoxy groups -OCH3 is 1. The van der Waals surface area contributed by atoms with Crippen LogP contribution in [0.1, 0.15) is 30.4 Å². The zero-order valence-corrected chi connectivity index (χ0v) is 14.8. The summed E-state index contributed by atoms with van der Waals surface area (Å²) in [6.07, 6.45) is 6.57. The van der Waals surface area contributed by atoms with E-state index in [1.807, 2.05) is 47.4 Å². The van der Waals surface area contributed by atoms with Crippen LogP contribution >= 0.6 is 0 Å². The Bertz CT molecular complexity index is 819. The summed E-state index contributed by atoms with van der Waals surface area (Å²) in [6.45, 7) is 0.313. The Morgan fingerprint density at radius 1 is 1.23 bits per heavy atom. The lowest BCUT2D eigenvalue weighted by molar-refractivity contribution is 0.0832. The van der Waals surface area contributed by atoms with Crippen LogP contribution in [0.15, 0.2) is 54.7 Å². The number of fused-ring (bicyclic) bond motifs is 2. The second-order valence-corrected chi connectivity index (χ2v) is 6.73. The van der Waals surface area contributed by atoms with Crippen LogP contribution in [0.4, 0.5) is 4.79 Å². The average molecular weight is 350 g/mol. The standard InChI is InChI=1S/C21H22N2O3/c1-25-20-13-16(9-10-22-20)17-11-18-7-8-19(12-17)23(18)21(24)26-14-15-5-3-2-4-6-15/h2-6,9-11,13,18-19H,7-8,12,14H2,1H3. The van der Waals surface area contributed by atoms with E-state index in [4.69, 9.17) is 9.47 Å². The molecule has 2 atom stereocenters. The second kappa shape index (κ2) is 7.20. The van der Waals surface area contributed by atoms with Crippen molar-refractivity contribution < 1.29 is 14.3 Å². The van der Waals surface area contributed by atoms with E-state index in [0.717, 1.165) is 30.4 Å². The van der Waals surface area contributed by atoms with Crippen LogP contribution in [-0.2, 0) is 11.3 Å². The van der Waals surface area contributed by atoms with Gasteiger partial charge in [-0.2, -0.15) is 0 Å². The summed E-state index contributed by atoms with van der Waals surface area (Å²) < 4.78 is 10.8. The average Bonchev–Trinajstić information content (AvgIpc) is 2.96. The fourth-order valence-corrected chi connectivity index (χ4v) is 3.84. The van der Waals surface area contributed by atoms with Crippen molar-refractivity contribution in [2.24, 2.45) is 0 Å². The van der Waals surface area contributed by atoms with Gasteiger partial charge in [0.05, 0.1) is 13.2 Å². The lowest BCUT2D eigenvalue weighted by Crippen LogP contribution is -2.43. The number of amides is 1. The van der Waals surface area contributed by atoms with Gasteiger partial charge < -0.3 is 9.47 Å². The number of nitrogens with zero attached hydrogens (tertiary/aromatic N) is 2. The van der Waals surface area contributed by atoms with Gasteiger partial charge in [-0.15, -0.1) is 0 Å². The minimum atomic E-state index is -0.219. The van der Waals surface area contributed by atoms with Crippen molar-refractivity contribution in [3.8, 4) is 5.88 Å². The predicted octanol–water partition coefficient (Wildman–Crippen LogP) is 4.05. The van der Waals surface area contributed by atoms with E-state index in [0.29, 0.717) is 12.5 Å². The lowest BCUT2D eigenvalue weighted by atomic mass is 9.95. The lowest BCUT2D eigenvalue weighted by Gasteiger charge is -2.33. The van der Waals surface area contributed by atoms with Gasteiger partial charge in [-0.25, -0.2) is 9.78 Å². The summed E-state index contributed by atoms with van der Waals surface area (Å²) in [6, 6.07) is 14.0. The molecule has 0 saturated carbocycles. The molecule has 5 heteroatoms. The molecule has 1 fully saturated rings. The van der Waals surface area contributed by atoms with Gasteiger partial charge in [-0.05, 0) is 42.0 Å². The Morgan fingerprint density at radius 3 is 2.85 bits per heavy atom. The highest BCUT2D eigenvalue weighted by atomic mass is 16.6. The van der Waals surface area contributed by atoms with Crippen molar-refractivity contribution in [2.45, 2.75) is 38.0 Å². The maximum atomic E-state index is 12.6. The first-order valence-corrected chi connectivity index (χ1v) is 8.95. The van der Waals surface area contributed by atoms with Gasteiger partial charge >= 0.3 is 6.09 Å². The molecular formula is C21H22N2O3. The Kier molecular flexibility index (Phi) is 4.61. The number of carbonyl (C=O) groups excluding carboxylic acids is 1. The van der Waals surface area contributed by atoms with E-state index in [1.165, 1.54) is 5.57 Å². The number of benzene rings is 1. The Balaban J connectivity index is 1.47. The van der Waals surface area contributed by atoms with E-state index in [9.17, 15) is 4.79 Å². The third kappa shape index (κ3) is 3.29. The summed E-state index contributed by atoms with van der Waals surface area (Å²) in [4.78, 5) is 18.7. The molecule has 0 spiro atoms. The van der Waals surface area contributed by atoms with Gasteiger partial charge in [0.25, 0.3) is 0 Å². The first-order chi connectivity index (χ1) is 12.7. The highest BCUT2D eigenvalue weighted by molar-refractivity contribution is 5.75. The first-order valence-electron chi connectivity index (χ1n) is 8.95. The Labute approximate surface area is 153 Å². The molecule has 2 aliphatic rings. The van der Waals surface area contributed by atoms with Crippen molar-refractivity contribution >= 4 is 11.7 Å². The molecule has 1 aromatic carbocycles. The molecule has 0 N–H and O–H groups in total. The summed E-state index contributed by atoms with van der Waals surface area (Å²) in [5.41, 5.74) is 3.38. The zero-order valence-electron chi connectivity index (χ0n) is 14.8. The van der Waals surface area contributed by atoms with Gasteiger partial charge in [0.1, 0.15) is 6.61 Å². The van der Waals surface area contributed by atoms with Gasteiger partial charge in [-0.1, -0.05) is 36.4 Å². The van der Waals surface area contributed by atoms with Gasteiger partial charge in [0, 0.05) is 18.3 Å². The summed E-state index contributed by atoms with van der Waals surface area (Å²) in [7, 11) is 1.62. The van der Waals surface area contributed by atoms with Crippen molar-refractivity contribution in [2.75, 3.05) is 7.11 Å². The molecule has 2 aliphatic heterocycles. The Morgan fingerprint density at radius 2 is 2.08 bits per heavy atom. The quantitative estimate of drug-likeness (QED) is 0.835. The highest BCUT2D eigenvalue weighted by Crippen LogP contribution is 2.39. The Hall–Kier alpha value is -2.82. The van der Waals surface area contributed by atoms with Gasteiger partial charge in [-0.3, -0.25) is 4.90 Å². The number of hydrogen-bond acceptors (Lipinski definition) is 4. The summed E-state index contributed by atoms with van der Waals surface area (Å²) in [5, 5.41) is 0. The van der Waals surface area contributed by atoms with Crippen LogP contribution in [-0.4, -0.2) is 35.2 Å². The van der Waals surface area contributed by atoms with Crippen LogP contribution in [0.5, 0.6) is 5.88 Å². The van der Waals surface area contributed by atoms with E-state index < -0.39 is 0 Å². The molecule has 26 heavy (non-hydrogen) atoms. The number of rotatable bonds is 4. The molecule has 134 valence electrons. The number of carbonyl (C=O) groups is 1. The summed E-state index contributed by atoms with van der Waals surface area (Å²) in [5.74, 6) is 0.612. The fourth-order valence-electron chi connectivity index (χ4n) is 3.84. The van der Waals surface area contributed by atoms with Crippen molar-refractivity contribution in [3.05, 3.63) is 65.9 Å².